The summed E-state index contributed by atoms with van der Waals surface area (Å²) in [6.45, 7) is 0.549. The number of Topliss-reactive ketones (excluding diaryl/α,β-unsaturated/α-hetero) is 1. The predicted octanol–water partition coefficient (Wildman–Crippen LogP) is 2.91. The summed E-state index contributed by atoms with van der Waals surface area (Å²) in [6, 6.07) is 5.66. The average Bonchev–Trinajstić information content (AvgIpc) is 3.11. The maximum atomic E-state index is 12.1. The van der Waals surface area contributed by atoms with Crippen LogP contribution in [0.25, 0.3) is 0 Å². The summed E-state index contributed by atoms with van der Waals surface area (Å²) in [7, 11) is 0. The van der Waals surface area contributed by atoms with E-state index < -0.39 is 6.36 Å². The molecule has 19 heavy (non-hydrogen) atoms. The molecule has 1 aromatic carbocycles. The number of carbonyl (C=O) groups is 1. The Kier molecular flexibility index (Phi) is 4.09. The Hall–Kier alpha value is -1.56. The number of rotatable bonds is 6. The van der Waals surface area contributed by atoms with Crippen molar-refractivity contribution in [3.8, 4) is 5.75 Å². The van der Waals surface area contributed by atoms with Gasteiger partial charge in [-0.25, -0.2) is 0 Å². The summed E-state index contributed by atoms with van der Waals surface area (Å²) >= 11 is 0. The van der Waals surface area contributed by atoms with Crippen molar-refractivity contribution in [2.75, 3.05) is 6.54 Å². The molecule has 0 aromatic heterocycles. The molecule has 0 saturated heterocycles. The van der Waals surface area contributed by atoms with E-state index in [4.69, 9.17) is 0 Å². The van der Waals surface area contributed by atoms with E-state index in [1.807, 2.05) is 0 Å². The van der Waals surface area contributed by atoms with E-state index in [-0.39, 0.29) is 23.5 Å². The van der Waals surface area contributed by atoms with E-state index in [0.717, 1.165) is 18.9 Å². The molecule has 0 spiro atoms. The lowest BCUT2D eigenvalue weighted by atomic mass is 10.1. The molecule has 1 aliphatic carbocycles. The maximum Gasteiger partial charge on any atom is 0.573 e. The second-order valence-corrected chi connectivity index (χ2v) is 4.48. The van der Waals surface area contributed by atoms with Crippen LogP contribution in [-0.4, -0.2) is 24.7 Å². The molecule has 0 unspecified atom stereocenters. The minimum Gasteiger partial charge on any atom is -0.406 e. The van der Waals surface area contributed by atoms with Crippen LogP contribution in [-0.2, 0) is 0 Å². The summed E-state index contributed by atoms with van der Waals surface area (Å²) in [6.07, 6.45) is -2.21. The Morgan fingerprint density at radius 2 is 2.11 bits per heavy atom. The first kappa shape index (κ1) is 13.9. The van der Waals surface area contributed by atoms with Crippen molar-refractivity contribution in [2.45, 2.75) is 31.7 Å². The van der Waals surface area contributed by atoms with E-state index in [9.17, 15) is 18.0 Å². The number of halogens is 3. The minimum atomic E-state index is -4.74. The van der Waals surface area contributed by atoms with Gasteiger partial charge in [0.1, 0.15) is 5.75 Å². The zero-order valence-corrected chi connectivity index (χ0v) is 10.2. The molecule has 2 rings (SSSR count). The molecule has 104 valence electrons. The van der Waals surface area contributed by atoms with Crippen LogP contribution < -0.4 is 10.1 Å². The highest BCUT2D eigenvalue weighted by molar-refractivity contribution is 5.96. The highest BCUT2D eigenvalue weighted by Crippen LogP contribution is 2.24. The van der Waals surface area contributed by atoms with Crippen LogP contribution in [0, 0.1) is 0 Å². The number of benzene rings is 1. The van der Waals surface area contributed by atoms with Crippen LogP contribution >= 0.6 is 0 Å². The molecule has 1 aromatic rings. The van der Waals surface area contributed by atoms with Gasteiger partial charge < -0.3 is 10.1 Å². The number of alkyl halides is 3. The molecule has 6 heteroatoms. The number of hydrogen-bond acceptors (Lipinski definition) is 3. The van der Waals surface area contributed by atoms with Gasteiger partial charge in [0.05, 0.1) is 0 Å². The fourth-order valence-electron chi connectivity index (χ4n) is 1.69. The molecule has 1 saturated carbocycles. The lowest BCUT2D eigenvalue weighted by Crippen LogP contribution is -2.20. The van der Waals surface area contributed by atoms with E-state index in [1.165, 1.54) is 18.2 Å². The topological polar surface area (TPSA) is 38.3 Å². The van der Waals surface area contributed by atoms with Gasteiger partial charge in [-0.05, 0) is 25.0 Å². The van der Waals surface area contributed by atoms with Crippen molar-refractivity contribution in [1.82, 2.24) is 5.32 Å². The van der Waals surface area contributed by atoms with Crippen molar-refractivity contribution in [3.05, 3.63) is 29.8 Å². The lowest BCUT2D eigenvalue weighted by molar-refractivity contribution is -0.274. The van der Waals surface area contributed by atoms with E-state index in [0.29, 0.717) is 12.6 Å². The van der Waals surface area contributed by atoms with Gasteiger partial charge in [-0.2, -0.15) is 0 Å². The number of hydrogen-bond donors (Lipinski definition) is 1. The van der Waals surface area contributed by atoms with Crippen LogP contribution in [0.5, 0.6) is 5.75 Å². The monoisotopic (exact) mass is 273 g/mol. The molecular weight excluding hydrogens is 259 g/mol. The molecule has 0 heterocycles. The van der Waals surface area contributed by atoms with Gasteiger partial charge in [0.2, 0.25) is 0 Å². The van der Waals surface area contributed by atoms with Crippen molar-refractivity contribution < 1.29 is 22.7 Å². The number of ketones is 1. The molecule has 3 nitrogen and oxygen atoms in total. The quantitative estimate of drug-likeness (QED) is 0.810. The SMILES string of the molecule is O=C(CCNC1CC1)c1cccc(OC(F)(F)F)c1. The van der Waals surface area contributed by atoms with Crippen molar-refractivity contribution in [1.29, 1.82) is 0 Å². The number of nitrogens with one attached hydrogen (secondary N) is 1. The molecule has 0 atom stereocenters. The van der Waals surface area contributed by atoms with Crippen LogP contribution in [0.1, 0.15) is 29.6 Å². The van der Waals surface area contributed by atoms with Crippen molar-refractivity contribution in [2.24, 2.45) is 0 Å². The van der Waals surface area contributed by atoms with Crippen LogP contribution in [0.4, 0.5) is 13.2 Å². The Labute approximate surface area is 108 Å². The summed E-state index contributed by atoms with van der Waals surface area (Å²) < 4.78 is 39.9. The zero-order chi connectivity index (χ0) is 13.9. The second kappa shape index (κ2) is 5.61. The summed E-state index contributed by atoms with van der Waals surface area (Å²) in [5.41, 5.74) is 0.236. The second-order valence-electron chi connectivity index (χ2n) is 4.48. The number of ether oxygens (including phenoxy) is 1. The fourth-order valence-corrected chi connectivity index (χ4v) is 1.69. The van der Waals surface area contributed by atoms with Gasteiger partial charge in [-0.15, -0.1) is 13.2 Å². The summed E-state index contributed by atoms with van der Waals surface area (Å²) in [5, 5.41) is 3.18. The van der Waals surface area contributed by atoms with Gasteiger partial charge in [0.15, 0.2) is 5.78 Å². The maximum absolute atomic E-state index is 12.1. The Morgan fingerprint density at radius 3 is 2.74 bits per heavy atom. The van der Waals surface area contributed by atoms with Gasteiger partial charge >= 0.3 is 6.36 Å². The molecule has 1 fully saturated rings. The third kappa shape index (κ3) is 4.90. The molecule has 0 aliphatic heterocycles. The Balaban J connectivity index is 1.90. The zero-order valence-electron chi connectivity index (χ0n) is 10.2. The standard InChI is InChI=1S/C13H14F3NO2/c14-13(15,16)19-11-3-1-2-9(8-11)12(18)6-7-17-10-4-5-10/h1-3,8,10,17H,4-7H2. The van der Waals surface area contributed by atoms with Crippen molar-refractivity contribution in [3.63, 3.8) is 0 Å². The molecule has 0 bridgehead atoms. The minimum absolute atomic E-state index is 0.194. The number of carbonyl (C=O) groups excluding carboxylic acids is 1. The first-order valence-corrected chi connectivity index (χ1v) is 6.06. The highest BCUT2D eigenvalue weighted by atomic mass is 19.4. The lowest BCUT2D eigenvalue weighted by Gasteiger charge is -2.09. The van der Waals surface area contributed by atoms with Gasteiger partial charge in [-0.1, -0.05) is 12.1 Å². The Bertz CT molecular complexity index is 455. The van der Waals surface area contributed by atoms with E-state index >= 15 is 0 Å². The van der Waals surface area contributed by atoms with Crippen molar-refractivity contribution >= 4 is 5.78 Å². The van der Waals surface area contributed by atoms with Crippen LogP contribution in [0.3, 0.4) is 0 Å². The Morgan fingerprint density at radius 1 is 1.37 bits per heavy atom. The molecule has 1 aliphatic rings. The summed E-state index contributed by atoms with van der Waals surface area (Å²) in [4.78, 5) is 11.8. The normalized spacial score (nSPS) is 15.3. The average molecular weight is 273 g/mol. The first-order valence-electron chi connectivity index (χ1n) is 6.06. The smallest absolute Gasteiger partial charge is 0.406 e. The van der Waals surface area contributed by atoms with Crippen LogP contribution in [0.2, 0.25) is 0 Å². The van der Waals surface area contributed by atoms with E-state index in [1.54, 1.807) is 0 Å². The molecule has 0 amide bonds. The predicted molar refractivity (Wildman–Crippen MR) is 63.1 cm³/mol. The van der Waals surface area contributed by atoms with Gasteiger partial charge in [0, 0.05) is 24.6 Å². The molecule has 1 N–H and O–H groups in total. The summed E-state index contributed by atoms with van der Waals surface area (Å²) in [5.74, 6) is -0.561. The third-order valence-electron chi connectivity index (χ3n) is 2.75. The van der Waals surface area contributed by atoms with Crippen LogP contribution in [0.15, 0.2) is 24.3 Å². The fraction of sp³-hybridized carbons (Fsp3) is 0.462. The molecule has 0 radical (unpaired) electrons. The van der Waals surface area contributed by atoms with Gasteiger partial charge in [0.25, 0.3) is 0 Å². The molecular formula is C13H14F3NO2. The van der Waals surface area contributed by atoms with E-state index in [2.05, 4.69) is 10.1 Å². The largest absolute Gasteiger partial charge is 0.573 e. The van der Waals surface area contributed by atoms with Gasteiger partial charge in [-0.3, -0.25) is 4.79 Å². The third-order valence-corrected chi connectivity index (χ3v) is 2.75. The first-order chi connectivity index (χ1) is 8.94. The highest BCUT2D eigenvalue weighted by Gasteiger charge is 2.31.